The largest absolute Gasteiger partial charge is 0.481 e. The maximum atomic E-state index is 13.7. The standard InChI is InChI=1S/C17H20F2N4O.HI/c1-3-20-17(22-10-12-6-7-21-16(8-12)24-2)23-11-13-9-14(18)4-5-15(13)19;/h4-9H,3,10-11H2,1-2H3,(H2,20,22,23);1H. The Labute approximate surface area is 162 Å². The summed E-state index contributed by atoms with van der Waals surface area (Å²) in [6.45, 7) is 3.11. The molecule has 0 bridgehead atoms. The van der Waals surface area contributed by atoms with Gasteiger partial charge in [-0.15, -0.1) is 24.0 Å². The van der Waals surface area contributed by atoms with Gasteiger partial charge in [-0.3, -0.25) is 0 Å². The summed E-state index contributed by atoms with van der Waals surface area (Å²) >= 11 is 0. The van der Waals surface area contributed by atoms with Gasteiger partial charge in [-0.05, 0) is 36.8 Å². The van der Waals surface area contributed by atoms with Crippen LogP contribution < -0.4 is 15.4 Å². The number of nitrogens with one attached hydrogen (secondary N) is 2. The van der Waals surface area contributed by atoms with Gasteiger partial charge in [0.2, 0.25) is 5.88 Å². The number of pyridine rings is 1. The second kappa shape index (κ2) is 10.8. The van der Waals surface area contributed by atoms with Crippen LogP contribution in [0.2, 0.25) is 0 Å². The average Bonchev–Trinajstić information content (AvgIpc) is 2.60. The number of benzene rings is 1. The second-order valence-electron chi connectivity index (χ2n) is 4.99. The van der Waals surface area contributed by atoms with Crippen molar-refractivity contribution in [3.05, 3.63) is 59.3 Å². The Morgan fingerprint density at radius 3 is 2.72 bits per heavy atom. The lowest BCUT2D eigenvalue weighted by molar-refractivity contribution is 0.397. The van der Waals surface area contributed by atoms with Crippen LogP contribution in [-0.2, 0) is 13.1 Å². The summed E-state index contributed by atoms with van der Waals surface area (Å²) in [5.74, 6) is 0.0945. The van der Waals surface area contributed by atoms with Crippen molar-refractivity contribution in [3.63, 3.8) is 0 Å². The third-order valence-electron chi connectivity index (χ3n) is 3.23. The molecule has 1 aromatic carbocycles. The van der Waals surface area contributed by atoms with Gasteiger partial charge in [-0.25, -0.2) is 18.8 Å². The summed E-state index contributed by atoms with van der Waals surface area (Å²) < 4.78 is 31.9. The zero-order chi connectivity index (χ0) is 17.4. The number of methoxy groups -OCH3 is 1. The van der Waals surface area contributed by atoms with Crippen LogP contribution in [0.4, 0.5) is 8.78 Å². The summed E-state index contributed by atoms with van der Waals surface area (Å²) in [5.41, 5.74) is 1.17. The van der Waals surface area contributed by atoms with E-state index < -0.39 is 11.6 Å². The van der Waals surface area contributed by atoms with E-state index in [1.54, 1.807) is 19.4 Å². The van der Waals surface area contributed by atoms with Crippen LogP contribution in [-0.4, -0.2) is 24.6 Å². The fraction of sp³-hybridized carbons (Fsp3) is 0.294. The first kappa shape index (κ1) is 21.1. The second-order valence-corrected chi connectivity index (χ2v) is 4.99. The fourth-order valence-corrected chi connectivity index (χ4v) is 2.03. The van der Waals surface area contributed by atoms with E-state index in [4.69, 9.17) is 4.74 Å². The lowest BCUT2D eigenvalue weighted by Crippen LogP contribution is -2.37. The molecule has 8 heteroatoms. The molecule has 0 fully saturated rings. The molecule has 0 aliphatic carbocycles. The van der Waals surface area contributed by atoms with E-state index >= 15 is 0 Å². The van der Waals surface area contributed by atoms with Gasteiger partial charge in [0.15, 0.2) is 5.96 Å². The Bertz CT molecular complexity index is 713. The lowest BCUT2D eigenvalue weighted by Gasteiger charge is -2.12. The van der Waals surface area contributed by atoms with Crippen LogP contribution in [0.3, 0.4) is 0 Å². The summed E-state index contributed by atoms with van der Waals surface area (Å²) in [6, 6.07) is 7.00. The number of aliphatic imine (C=N–C) groups is 1. The topological polar surface area (TPSA) is 58.5 Å². The Balaban J connectivity index is 0.00000312. The van der Waals surface area contributed by atoms with E-state index in [1.165, 1.54) is 6.07 Å². The molecule has 0 aliphatic heterocycles. The molecule has 2 aromatic rings. The highest BCUT2D eigenvalue weighted by Crippen LogP contribution is 2.10. The smallest absolute Gasteiger partial charge is 0.213 e. The number of hydrogen-bond acceptors (Lipinski definition) is 3. The van der Waals surface area contributed by atoms with Gasteiger partial charge in [0, 0.05) is 30.9 Å². The van der Waals surface area contributed by atoms with Gasteiger partial charge in [-0.1, -0.05) is 0 Å². The highest BCUT2D eigenvalue weighted by Gasteiger charge is 2.05. The molecule has 0 atom stereocenters. The van der Waals surface area contributed by atoms with Crippen molar-refractivity contribution in [2.24, 2.45) is 4.99 Å². The van der Waals surface area contributed by atoms with Gasteiger partial charge in [0.1, 0.15) is 11.6 Å². The Kier molecular flexibility index (Phi) is 9.11. The van der Waals surface area contributed by atoms with Gasteiger partial charge in [0.25, 0.3) is 0 Å². The van der Waals surface area contributed by atoms with Crippen molar-refractivity contribution in [3.8, 4) is 5.88 Å². The number of halogens is 3. The van der Waals surface area contributed by atoms with Gasteiger partial charge in [0.05, 0.1) is 13.7 Å². The average molecular weight is 462 g/mol. The SMILES string of the molecule is CCNC(=NCc1ccnc(OC)c1)NCc1cc(F)ccc1F.I. The predicted octanol–water partition coefficient (Wildman–Crippen LogP) is 3.24. The zero-order valence-electron chi connectivity index (χ0n) is 14.1. The van der Waals surface area contributed by atoms with Gasteiger partial charge < -0.3 is 15.4 Å². The molecule has 0 saturated carbocycles. The van der Waals surface area contributed by atoms with E-state index in [0.29, 0.717) is 24.9 Å². The normalized spacial score (nSPS) is 10.8. The molecular formula is C17H21F2IN4O. The lowest BCUT2D eigenvalue weighted by atomic mass is 10.2. The first-order chi connectivity index (χ1) is 11.6. The van der Waals surface area contributed by atoms with Crippen molar-refractivity contribution < 1.29 is 13.5 Å². The Hall–Kier alpha value is -1.97. The van der Waals surface area contributed by atoms with Gasteiger partial charge >= 0.3 is 0 Å². The number of nitrogens with zero attached hydrogens (tertiary/aromatic N) is 2. The third kappa shape index (κ3) is 6.81. The first-order valence-corrected chi connectivity index (χ1v) is 7.57. The molecule has 2 rings (SSSR count). The van der Waals surface area contributed by atoms with E-state index in [1.807, 2.05) is 13.0 Å². The van der Waals surface area contributed by atoms with Crippen LogP contribution in [0.1, 0.15) is 18.1 Å². The maximum Gasteiger partial charge on any atom is 0.213 e. The van der Waals surface area contributed by atoms with Crippen molar-refractivity contribution in [1.29, 1.82) is 0 Å². The van der Waals surface area contributed by atoms with Crippen molar-refractivity contribution in [2.45, 2.75) is 20.0 Å². The zero-order valence-corrected chi connectivity index (χ0v) is 16.4. The minimum Gasteiger partial charge on any atom is -0.481 e. The molecule has 0 amide bonds. The van der Waals surface area contributed by atoms with E-state index in [2.05, 4.69) is 20.6 Å². The van der Waals surface area contributed by atoms with Crippen LogP contribution in [0.15, 0.2) is 41.5 Å². The third-order valence-corrected chi connectivity index (χ3v) is 3.23. The molecule has 5 nitrogen and oxygen atoms in total. The van der Waals surface area contributed by atoms with Crippen LogP contribution in [0.25, 0.3) is 0 Å². The quantitative estimate of drug-likeness (QED) is 0.393. The van der Waals surface area contributed by atoms with Crippen LogP contribution in [0.5, 0.6) is 5.88 Å². The van der Waals surface area contributed by atoms with Crippen molar-refractivity contribution in [1.82, 2.24) is 15.6 Å². The fourth-order valence-electron chi connectivity index (χ4n) is 2.03. The summed E-state index contributed by atoms with van der Waals surface area (Å²) in [7, 11) is 1.55. The minimum absolute atomic E-state index is 0. The van der Waals surface area contributed by atoms with Crippen molar-refractivity contribution >= 4 is 29.9 Å². The molecule has 1 aromatic heterocycles. The summed E-state index contributed by atoms with van der Waals surface area (Å²) in [6.07, 6.45) is 1.65. The number of guanidine groups is 1. The van der Waals surface area contributed by atoms with E-state index in [-0.39, 0.29) is 36.1 Å². The molecule has 0 unspecified atom stereocenters. The molecule has 2 N–H and O–H groups in total. The molecule has 0 radical (unpaired) electrons. The van der Waals surface area contributed by atoms with Crippen LogP contribution in [0, 0.1) is 11.6 Å². The highest BCUT2D eigenvalue weighted by molar-refractivity contribution is 14.0. The first-order valence-electron chi connectivity index (χ1n) is 7.57. The molecule has 25 heavy (non-hydrogen) atoms. The minimum atomic E-state index is -0.473. The predicted molar refractivity (Wildman–Crippen MR) is 104 cm³/mol. The summed E-state index contributed by atoms with van der Waals surface area (Å²) in [5, 5.41) is 6.05. The number of ether oxygens (including phenoxy) is 1. The molecule has 0 spiro atoms. The Morgan fingerprint density at radius 1 is 1.20 bits per heavy atom. The highest BCUT2D eigenvalue weighted by atomic mass is 127. The monoisotopic (exact) mass is 462 g/mol. The van der Waals surface area contributed by atoms with E-state index in [0.717, 1.165) is 17.7 Å². The summed E-state index contributed by atoms with van der Waals surface area (Å²) in [4.78, 5) is 8.46. The molecule has 1 heterocycles. The molecule has 0 aliphatic rings. The number of hydrogen-bond donors (Lipinski definition) is 2. The molecular weight excluding hydrogens is 441 g/mol. The maximum absolute atomic E-state index is 13.7. The Morgan fingerprint density at radius 2 is 2.00 bits per heavy atom. The van der Waals surface area contributed by atoms with E-state index in [9.17, 15) is 8.78 Å². The molecule has 136 valence electrons. The van der Waals surface area contributed by atoms with Crippen LogP contribution >= 0.6 is 24.0 Å². The van der Waals surface area contributed by atoms with Crippen molar-refractivity contribution in [2.75, 3.05) is 13.7 Å². The van der Waals surface area contributed by atoms with Gasteiger partial charge in [-0.2, -0.15) is 0 Å². The molecule has 0 saturated heterocycles. The number of aromatic nitrogens is 1. The number of rotatable bonds is 6.